The standard InChI is InChI=1S/C18H28N4O4/c1-6-13(23)7-8-15(17(25)26-18(2,3)4)21-16(24)14(19)9-12-10-20-11-22(12)5/h6,10-11,14-15H,1,7-9,19H2,2-5H3,(H,21,24)/t14-,15-/m0/s1. The normalized spacial score (nSPS) is 13.6. The van der Waals surface area contributed by atoms with Crippen molar-refractivity contribution in [1.29, 1.82) is 0 Å². The molecule has 8 nitrogen and oxygen atoms in total. The van der Waals surface area contributed by atoms with E-state index in [9.17, 15) is 14.4 Å². The van der Waals surface area contributed by atoms with Crippen LogP contribution < -0.4 is 11.1 Å². The van der Waals surface area contributed by atoms with Gasteiger partial charge in [-0.05, 0) is 33.3 Å². The summed E-state index contributed by atoms with van der Waals surface area (Å²) in [6, 6.07) is -1.81. The van der Waals surface area contributed by atoms with Gasteiger partial charge in [0.15, 0.2) is 5.78 Å². The molecule has 0 unspecified atom stereocenters. The zero-order valence-electron chi connectivity index (χ0n) is 15.8. The molecule has 0 aliphatic carbocycles. The highest BCUT2D eigenvalue weighted by molar-refractivity contribution is 5.91. The molecule has 0 spiro atoms. The maximum atomic E-state index is 12.4. The second kappa shape index (κ2) is 9.28. The molecule has 2 atom stereocenters. The number of hydrogen-bond donors (Lipinski definition) is 2. The summed E-state index contributed by atoms with van der Waals surface area (Å²) in [5, 5.41) is 2.60. The van der Waals surface area contributed by atoms with Crippen molar-refractivity contribution >= 4 is 17.7 Å². The summed E-state index contributed by atoms with van der Waals surface area (Å²) < 4.78 is 7.09. The van der Waals surface area contributed by atoms with Crippen LogP contribution in [0.15, 0.2) is 25.2 Å². The Balaban J connectivity index is 2.76. The van der Waals surface area contributed by atoms with Crippen molar-refractivity contribution in [3.05, 3.63) is 30.9 Å². The van der Waals surface area contributed by atoms with Gasteiger partial charge in [0.1, 0.15) is 11.6 Å². The number of aryl methyl sites for hydroxylation is 1. The lowest BCUT2D eigenvalue weighted by atomic mass is 10.1. The van der Waals surface area contributed by atoms with Gasteiger partial charge in [0.25, 0.3) is 0 Å². The number of nitrogens with zero attached hydrogens (tertiary/aromatic N) is 2. The number of rotatable bonds is 9. The van der Waals surface area contributed by atoms with Gasteiger partial charge in [-0.1, -0.05) is 6.58 Å². The topological polar surface area (TPSA) is 116 Å². The van der Waals surface area contributed by atoms with E-state index in [2.05, 4.69) is 16.9 Å². The number of imidazole rings is 1. The third kappa shape index (κ3) is 7.18. The van der Waals surface area contributed by atoms with Crippen LogP contribution in [0, 0.1) is 0 Å². The van der Waals surface area contributed by atoms with E-state index in [-0.39, 0.29) is 25.0 Å². The first-order valence-electron chi connectivity index (χ1n) is 8.42. The van der Waals surface area contributed by atoms with Crippen LogP contribution >= 0.6 is 0 Å². The molecule has 0 aliphatic heterocycles. The van der Waals surface area contributed by atoms with Gasteiger partial charge in [-0.15, -0.1) is 0 Å². The van der Waals surface area contributed by atoms with E-state index < -0.39 is 29.6 Å². The smallest absolute Gasteiger partial charge is 0.329 e. The number of nitrogens with two attached hydrogens (primary N) is 1. The predicted octanol–water partition coefficient (Wildman–Crippen LogP) is 0.652. The van der Waals surface area contributed by atoms with E-state index in [0.717, 1.165) is 5.69 Å². The molecule has 144 valence electrons. The fourth-order valence-electron chi connectivity index (χ4n) is 2.19. The first kappa shape index (κ1) is 21.6. The van der Waals surface area contributed by atoms with Crippen LogP contribution in [0.25, 0.3) is 0 Å². The number of amides is 1. The summed E-state index contributed by atoms with van der Waals surface area (Å²) in [4.78, 5) is 40.2. The average Bonchev–Trinajstić information content (AvgIpc) is 2.93. The van der Waals surface area contributed by atoms with Crippen LogP contribution in [0.2, 0.25) is 0 Å². The number of carbonyl (C=O) groups is 3. The lowest BCUT2D eigenvalue weighted by Gasteiger charge is -2.25. The molecule has 0 radical (unpaired) electrons. The van der Waals surface area contributed by atoms with E-state index in [1.165, 1.54) is 6.08 Å². The monoisotopic (exact) mass is 364 g/mol. The lowest BCUT2D eigenvalue weighted by molar-refractivity contribution is -0.159. The first-order valence-corrected chi connectivity index (χ1v) is 8.42. The van der Waals surface area contributed by atoms with Crippen molar-refractivity contribution < 1.29 is 19.1 Å². The van der Waals surface area contributed by atoms with Crippen LogP contribution in [-0.2, 0) is 32.6 Å². The Morgan fingerprint density at radius 2 is 2.08 bits per heavy atom. The molecule has 0 bridgehead atoms. The molecule has 1 rings (SSSR count). The maximum absolute atomic E-state index is 12.4. The van der Waals surface area contributed by atoms with Gasteiger partial charge in [0.05, 0.1) is 12.4 Å². The number of ether oxygens (including phenoxy) is 1. The number of hydrogen-bond acceptors (Lipinski definition) is 6. The molecule has 1 aromatic rings. The van der Waals surface area contributed by atoms with Gasteiger partial charge in [-0.2, -0.15) is 0 Å². The number of nitrogens with one attached hydrogen (secondary N) is 1. The van der Waals surface area contributed by atoms with Gasteiger partial charge in [0, 0.05) is 31.8 Å². The maximum Gasteiger partial charge on any atom is 0.329 e. The molecule has 1 aromatic heterocycles. The fourth-order valence-corrected chi connectivity index (χ4v) is 2.19. The minimum atomic E-state index is -0.955. The SMILES string of the molecule is C=CC(=O)CC[C@H](NC(=O)[C@@H](N)Cc1cncn1C)C(=O)OC(C)(C)C. The molecule has 3 N–H and O–H groups in total. The van der Waals surface area contributed by atoms with E-state index in [1.807, 2.05) is 0 Å². The zero-order valence-corrected chi connectivity index (χ0v) is 15.8. The van der Waals surface area contributed by atoms with Gasteiger partial charge in [-0.3, -0.25) is 9.59 Å². The molecule has 0 aromatic carbocycles. The molecular formula is C18H28N4O4. The Labute approximate surface area is 153 Å². The third-order valence-electron chi connectivity index (χ3n) is 3.60. The summed E-state index contributed by atoms with van der Waals surface area (Å²) in [5.74, 6) is -1.31. The molecule has 26 heavy (non-hydrogen) atoms. The molecular weight excluding hydrogens is 336 g/mol. The Kier molecular flexibility index (Phi) is 7.70. The quantitative estimate of drug-likeness (QED) is 0.491. The summed E-state index contributed by atoms with van der Waals surface area (Å²) in [5.41, 5.74) is 6.03. The Bertz CT molecular complexity index is 660. The van der Waals surface area contributed by atoms with Crippen LogP contribution in [0.5, 0.6) is 0 Å². The van der Waals surface area contributed by atoms with Crippen LogP contribution in [0.3, 0.4) is 0 Å². The summed E-state index contributed by atoms with van der Waals surface area (Å²) in [6.45, 7) is 8.59. The van der Waals surface area contributed by atoms with Crippen molar-refractivity contribution in [1.82, 2.24) is 14.9 Å². The molecule has 1 heterocycles. The summed E-state index contributed by atoms with van der Waals surface area (Å²) in [7, 11) is 1.80. The Morgan fingerprint density at radius 1 is 1.42 bits per heavy atom. The minimum absolute atomic E-state index is 0.0741. The molecule has 0 aliphatic rings. The largest absolute Gasteiger partial charge is 0.458 e. The molecule has 1 amide bonds. The average molecular weight is 364 g/mol. The van der Waals surface area contributed by atoms with Gasteiger partial charge >= 0.3 is 5.97 Å². The molecule has 0 saturated carbocycles. The van der Waals surface area contributed by atoms with Crippen molar-refractivity contribution in [2.24, 2.45) is 12.8 Å². The van der Waals surface area contributed by atoms with E-state index in [4.69, 9.17) is 10.5 Å². The highest BCUT2D eigenvalue weighted by atomic mass is 16.6. The van der Waals surface area contributed by atoms with Gasteiger partial charge in [0.2, 0.25) is 5.91 Å². The van der Waals surface area contributed by atoms with Gasteiger partial charge < -0.3 is 20.4 Å². The highest BCUT2D eigenvalue weighted by Crippen LogP contribution is 2.11. The van der Waals surface area contributed by atoms with Crippen LogP contribution in [0.1, 0.15) is 39.3 Å². The summed E-state index contributed by atoms with van der Waals surface area (Å²) in [6.07, 6.45) is 4.89. The van der Waals surface area contributed by atoms with Crippen molar-refractivity contribution in [2.45, 2.75) is 57.7 Å². The van der Waals surface area contributed by atoms with E-state index in [1.54, 1.807) is 44.9 Å². The second-order valence-corrected chi connectivity index (χ2v) is 7.11. The minimum Gasteiger partial charge on any atom is -0.458 e. The number of carbonyl (C=O) groups excluding carboxylic acids is 3. The summed E-state index contributed by atoms with van der Waals surface area (Å²) >= 11 is 0. The molecule has 8 heteroatoms. The second-order valence-electron chi connectivity index (χ2n) is 7.11. The number of esters is 1. The van der Waals surface area contributed by atoms with Gasteiger partial charge in [-0.25, -0.2) is 9.78 Å². The number of aromatic nitrogens is 2. The number of ketones is 1. The Morgan fingerprint density at radius 3 is 2.58 bits per heavy atom. The highest BCUT2D eigenvalue weighted by Gasteiger charge is 2.28. The van der Waals surface area contributed by atoms with Crippen molar-refractivity contribution in [3.63, 3.8) is 0 Å². The first-order chi connectivity index (χ1) is 12.0. The third-order valence-corrected chi connectivity index (χ3v) is 3.60. The molecule has 0 fully saturated rings. The van der Waals surface area contributed by atoms with Crippen molar-refractivity contribution in [2.75, 3.05) is 0 Å². The van der Waals surface area contributed by atoms with E-state index in [0.29, 0.717) is 0 Å². The number of allylic oxidation sites excluding steroid dienone is 1. The zero-order chi connectivity index (χ0) is 19.9. The fraction of sp³-hybridized carbons (Fsp3) is 0.556. The predicted molar refractivity (Wildman–Crippen MR) is 97.1 cm³/mol. The Hall–Kier alpha value is -2.48. The lowest BCUT2D eigenvalue weighted by Crippen LogP contribution is -2.50. The van der Waals surface area contributed by atoms with Crippen LogP contribution in [0.4, 0.5) is 0 Å². The van der Waals surface area contributed by atoms with E-state index >= 15 is 0 Å². The van der Waals surface area contributed by atoms with Crippen molar-refractivity contribution in [3.8, 4) is 0 Å². The molecule has 0 saturated heterocycles. The van der Waals surface area contributed by atoms with Crippen LogP contribution in [-0.4, -0.2) is 44.9 Å².